The summed E-state index contributed by atoms with van der Waals surface area (Å²) in [5, 5.41) is 5.39. The van der Waals surface area contributed by atoms with Crippen molar-refractivity contribution in [1.29, 1.82) is 0 Å². The number of anilines is 1. The van der Waals surface area contributed by atoms with E-state index in [-0.39, 0.29) is 0 Å². The number of benzene rings is 2. The van der Waals surface area contributed by atoms with Crippen LogP contribution in [0.5, 0.6) is 11.5 Å². The van der Waals surface area contributed by atoms with Crippen LogP contribution < -0.4 is 10.1 Å². The highest BCUT2D eigenvalue weighted by Gasteiger charge is 2.06. The van der Waals surface area contributed by atoms with Gasteiger partial charge in [-0.3, -0.25) is 0 Å². The number of aromatic nitrogens is 1. The lowest BCUT2D eigenvalue weighted by molar-refractivity contribution is 0.487. The third-order valence-corrected chi connectivity index (χ3v) is 3.36. The first-order valence-corrected chi connectivity index (χ1v) is 6.75. The Morgan fingerprint density at radius 2 is 1.85 bits per heavy atom. The number of nitrogens with one attached hydrogen (secondary N) is 2. The van der Waals surface area contributed by atoms with Gasteiger partial charge in [-0.25, -0.2) is 0 Å². The lowest BCUT2D eigenvalue weighted by atomic mass is 10.1. The Bertz CT molecular complexity index is 811. The predicted molar refractivity (Wildman–Crippen MR) is 85.2 cm³/mol. The van der Waals surface area contributed by atoms with E-state index in [4.69, 9.17) is 17.0 Å². The third-order valence-electron chi connectivity index (χ3n) is 3.13. The maximum atomic E-state index is 5.96. The molecule has 0 amide bonds. The highest BCUT2D eigenvalue weighted by atomic mass is 32.1. The molecule has 0 spiro atoms. The minimum absolute atomic E-state index is 0.652. The lowest BCUT2D eigenvalue weighted by Crippen LogP contribution is -1.92. The Kier molecular flexibility index (Phi) is 3.39. The first-order valence-electron chi connectivity index (χ1n) is 6.34. The Balaban J connectivity index is 2.10. The van der Waals surface area contributed by atoms with Crippen molar-refractivity contribution in [3.63, 3.8) is 0 Å². The van der Waals surface area contributed by atoms with Crippen LogP contribution in [0.15, 0.2) is 54.7 Å². The average molecular weight is 282 g/mol. The number of hydrogen-bond acceptors (Lipinski definition) is 3. The molecule has 0 atom stereocenters. The fourth-order valence-corrected chi connectivity index (χ4v) is 2.38. The third kappa shape index (κ3) is 2.38. The fourth-order valence-electron chi connectivity index (χ4n) is 2.19. The zero-order valence-corrected chi connectivity index (χ0v) is 11.8. The number of H-pyrrole nitrogens is 1. The second-order valence-corrected chi connectivity index (χ2v) is 4.84. The Labute approximate surface area is 122 Å². The molecule has 0 bridgehead atoms. The van der Waals surface area contributed by atoms with Gasteiger partial charge in [0.05, 0.1) is 0 Å². The molecule has 100 valence electrons. The summed E-state index contributed by atoms with van der Waals surface area (Å²) in [6.45, 7) is 0. The zero-order valence-electron chi connectivity index (χ0n) is 11.0. The van der Waals surface area contributed by atoms with Gasteiger partial charge in [0.15, 0.2) is 0 Å². The molecule has 3 aromatic rings. The van der Waals surface area contributed by atoms with Gasteiger partial charge in [-0.2, -0.15) is 0 Å². The Hall–Kier alpha value is -2.33. The molecule has 0 aliphatic heterocycles. The standard InChI is InChI=1S/C16H14N2OS/c1-17-14-6-7-15(13-5-3-2-4-12(13)14)19-11-8-9-18-16(20)10-11/h2-10,17H,1H3,(H,18,20). The fraction of sp³-hybridized carbons (Fsp3) is 0.0625. The minimum Gasteiger partial charge on any atom is -0.457 e. The topological polar surface area (TPSA) is 37.0 Å². The molecular formula is C16H14N2OS. The van der Waals surface area contributed by atoms with Gasteiger partial charge < -0.3 is 15.0 Å². The molecule has 0 aliphatic carbocycles. The van der Waals surface area contributed by atoms with Crippen LogP contribution in [0.25, 0.3) is 10.8 Å². The Morgan fingerprint density at radius 3 is 2.60 bits per heavy atom. The van der Waals surface area contributed by atoms with Gasteiger partial charge in [-0.05, 0) is 18.2 Å². The summed E-state index contributed by atoms with van der Waals surface area (Å²) in [7, 11) is 1.92. The smallest absolute Gasteiger partial charge is 0.135 e. The van der Waals surface area contributed by atoms with Gasteiger partial charge in [-0.1, -0.05) is 36.5 Å². The minimum atomic E-state index is 0.652. The van der Waals surface area contributed by atoms with Crippen molar-refractivity contribution in [3.05, 3.63) is 59.4 Å². The maximum absolute atomic E-state index is 5.96. The molecular weight excluding hydrogens is 268 g/mol. The highest BCUT2D eigenvalue weighted by molar-refractivity contribution is 7.71. The van der Waals surface area contributed by atoms with Crippen LogP contribution in [0.3, 0.4) is 0 Å². The number of aromatic amines is 1. The second kappa shape index (κ2) is 5.35. The van der Waals surface area contributed by atoms with E-state index in [1.807, 2.05) is 37.4 Å². The van der Waals surface area contributed by atoms with Crippen molar-refractivity contribution < 1.29 is 4.74 Å². The van der Waals surface area contributed by atoms with Crippen LogP contribution in [-0.2, 0) is 0 Å². The predicted octanol–water partition coefficient (Wildman–Crippen LogP) is 4.73. The summed E-state index contributed by atoms with van der Waals surface area (Å²) < 4.78 is 6.61. The SMILES string of the molecule is CNc1ccc(Oc2cc[nH]c(=S)c2)c2ccccc12. The van der Waals surface area contributed by atoms with E-state index in [0.717, 1.165) is 28.0 Å². The van der Waals surface area contributed by atoms with E-state index in [2.05, 4.69) is 22.4 Å². The Morgan fingerprint density at radius 1 is 1.05 bits per heavy atom. The monoisotopic (exact) mass is 282 g/mol. The number of ether oxygens (including phenoxy) is 1. The molecule has 3 nitrogen and oxygen atoms in total. The van der Waals surface area contributed by atoms with Gasteiger partial charge in [-0.15, -0.1) is 0 Å². The summed E-state index contributed by atoms with van der Waals surface area (Å²) in [6.07, 6.45) is 1.78. The molecule has 0 aliphatic rings. The molecule has 4 heteroatoms. The molecule has 2 aromatic carbocycles. The van der Waals surface area contributed by atoms with E-state index in [0.29, 0.717) is 4.64 Å². The van der Waals surface area contributed by atoms with Crippen LogP contribution >= 0.6 is 12.2 Å². The summed E-state index contributed by atoms with van der Waals surface area (Å²) in [6, 6.07) is 15.8. The lowest BCUT2D eigenvalue weighted by Gasteiger charge is -2.12. The highest BCUT2D eigenvalue weighted by Crippen LogP contribution is 2.33. The maximum Gasteiger partial charge on any atom is 0.135 e. The second-order valence-electron chi connectivity index (χ2n) is 4.40. The molecule has 3 rings (SSSR count). The molecule has 1 aromatic heterocycles. The quantitative estimate of drug-likeness (QED) is 0.682. The van der Waals surface area contributed by atoms with Gasteiger partial charge in [0.2, 0.25) is 0 Å². The van der Waals surface area contributed by atoms with Crippen LogP contribution in [0.4, 0.5) is 5.69 Å². The largest absolute Gasteiger partial charge is 0.457 e. The number of rotatable bonds is 3. The molecule has 0 saturated carbocycles. The number of fused-ring (bicyclic) bond motifs is 1. The summed E-state index contributed by atoms with van der Waals surface area (Å²) in [5.74, 6) is 1.55. The van der Waals surface area contributed by atoms with Crippen molar-refractivity contribution in [2.45, 2.75) is 0 Å². The van der Waals surface area contributed by atoms with Crippen molar-refractivity contribution in [1.82, 2.24) is 4.98 Å². The molecule has 0 fully saturated rings. The molecule has 0 unspecified atom stereocenters. The van der Waals surface area contributed by atoms with Gasteiger partial charge in [0.1, 0.15) is 16.1 Å². The van der Waals surface area contributed by atoms with Crippen molar-refractivity contribution >= 4 is 28.7 Å². The van der Waals surface area contributed by atoms with E-state index >= 15 is 0 Å². The molecule has 0 saturated heterocycles. The summed E-state index contributed by atoms with van der Waals surface area (Å²) in [4.78, 5) is 2.94. The van der Waals surface area contributed by atoms with E-state index < -0.39 is 0 Å². The van der Waals surface area contributed by atoms with Crippen LogP contribution in [0, 0.1) is 4.64 Å². The van der Waals surface area contributed by atoms with Gasteiger partial charge in [0, 0.05) is 35.8 Å². The van der Waals surface area contributed by atoms with Crippen LogP contribution in [-0.4, -0.2) is 12.0 Å². The summed E-state index contributed by atoms with van der Waals surface area (Å²) in [5.41, 5.74) is 1.08. The normalized spacial score (nSPS) is 10.4. The average Bonchev–Trinajstić information content (AvgIpc) is 2.48. The van der Waals surface area contributed by atoms with Crippen molar-refractivity contribution in [3.8, 4) is 11.5 Å². The first kappa shape index (κ1) is 12.7. The molecule has 20 heavy (non-hydrogen) atoms. The van der Waals surface area contributed by atoms with Crippen LogP contribution in [0.1, 0.15) is 0 Å². The van der Waals surface area contributed by atoms with Gasteiger partial charge in [0.25, 0.3) is 0 Å². The van der Waals surface area contributed by atoms with Gasteiger partial charge >= 0.3 is 0 Å². The molecule has 0 radical (unpaired) electrons. The molecule has 1 heterocycles. The number of hydrogen-bond donors (Lipinski definition) is 2. The van der Waals surface area contributed by atoms with Crippen LogP contribution in [0.2, 0.25) is 0 Å². The number of pyridine rings is 1. The van der Waals surface area contributed by atoms with E-state index in [1.54, 1.807) is 12.3 Å². The first-order chi connectivity index (χ1) is 9.78. The van der Waals surface area contributed by atoms with E-state index in [9.17, 15) is 0 Å². The van der Waals surface area contributed by atoms with Crippen molar-refractivity contribution in [2.75, 3.05) is 12.4 Å². The van der Waals surface area contributed by atoms with E-state index in [1.165, 1.54) is 0 Å². The van der Waals surface area contributed by atoms with Crippen molar-refractivity contribution in [2.24, 2.45) is 0 Å². The molecule has 2 N–H and O–H groups in total. The zero-order chi connectivity index (χ0) is 13.9. The summed E-state index contributed by atoms with van der Waals surface area (Å²) >= 11 is 5.11.